The second-order valence-electron chi connectivity index (χ2n) is 5.27. The number of anilines is 1. The van der Waals surface area contributed by atoms with Gasteiger partial charge in [-0.25, -0.2) is 4.98 Å². The minimum Gasteiger partial charge on any atom is -0.348 e. The summed E-state index contributed by atoms with van der Waals surface area (Å²) in [5.74, 6) is 1.64. The number of rotatable bonds is 6. The molecule has 4 heteroatoms. The van der Waals surface area contributed by atoms with Gasteiger partial charge in [0, 0.05) is 30.4 Å². The summed E-state index contributed by atoms with van der Waals surface area (Å²) in [5, 5.41) is 1.21. The third-order valence-electron chi connectivity index (χ3n) is 3.69. The fraction of sp³-hybridized carbons (Fsp3) is 0.769. The van der Waals surface area contributed by atoms with Crippen LogP contribution in [0, 0.1) is 5.92 Å². The van der Waals surface area contributed by atoms with Crippen LogP contribution in [0.5, 0.6) is 0 Å². The van der Waals surface area contributed by atoms with Crippen molar-refractivity contribution in [1.29, 1.82) is 0 Å². The minimum absolute atomic E-state index is 0.657. The van der Waals surface area contributed by atoms with Gasteiger partial charge in [-0.1, -0.05) is 0 Å². The van der Waals surface area contributed by atoms with E-state index in [0.29, 0.717) is 6.54 Å². The highest BCUT2D eigenvalue weighted by atomic mass is 32.1. The molecule has 0 aliphatic heterocycles. The van der Waals surface area contributed by atoms with Gasteiger partial charge in [0.1, 0.15) is 0 Å². The monoisotopic (exact) mass is 251 g/mol. The van der Waals surface area contributed by atoms with Gasteiger partial charge in [0.2, 0.25) is 0 Å². The third-order valence-corrected chi connectivity index (χ3v) is 4.85. The SMILES string of the molecule is CCN(CC1CC1)c1nc(C2CC2)c(CN)s1. The van der Waals surface area contributed by atoms with Gasteiger partial charge in [-0.2, -0.15) is 0 Å². The maximum absolute atomic E-state index is 5.84. The second kappa shape index (κ2) is 4.58. The number of hydrogen-bond donors (Lipinski definition) is 1. The Hall–Kier alpha value is -0.610. The molecule has 0 spiro atoms. The van der Waals surface area contributed by atoms with Gasteiger partial charge in [0.25, 0.3) is 0 Å². The maximum Gasteiger partial charge on any atom is 0.185 e. The van der Waals surface area contributed by atoms with Crippen molar-refractivity contribution in [3.63, 3.8) is 0 Å². The standard InChI is InChI=1S/C13H21N3S/c1-2-16(8-9-3-4-9)13-15-12(10-5-6-10)11(7-14)17-13/h9-10H,2-8,14H2,1H3. The fourth-order valence-electron chi connectivity index (χ4n) is 2.26. The maximum atomic E-state index is 5.84. The molecule has 3 rings (SSSR count). The first-order valence-corrected chi connectivity index (χ1v) is 7.58. The summed E-state index contributed by atoms with van der Waals surface area (Å²) in [7, 11) is 0. The topological polar surface area (TPSA) is 42.2 Å². The zero-order valence-corrected chi connectivity index (χ0v) is 11.3. The number of thiazole rings is 1. The van der Waals surface area contributed by atoms with E-state index in [9.17, 15) is 0 Å². The van der Waals surface area contributed by atoms with Crippen LogP contribution in [0.4, 0.5) is 5.13 Å². The smallest absolute Gasteiger partial charge is 0.185 e. The first-order chi connectivity index (χ1) is 8.31. The van der Waals surface area contributed by atoms with Crippen molar-refractivity contribution in [2.24, 2.45) is 11.7 Å². The van der Waals surface area contributed by atoms with Crippen LogP contribution in [0.1, 0.15) is 49.1 Å². The van der Waals surface area contributed by atoms with E-state index in [0.717, 1.165) is 18.4 Å². The molecule has 0 atom stereocenters. The van der Waals surface area contributed by atoms with E-state index >= 15 is 0 Å². The van der Waals surface area contributed by atoms with E-state index in [1.807, 2.05) is 11.3 Å². The Morgan fingerprint density at radius 1 is 1.35 bits per heavy atom. The Morgan fingerprint density at radius 3 is 2.65 bits per heavy atom. The lowest BCUT2D eigenvalue weighted by atomic mass is 10.2. The predicted octanol–water partition coefficient (Wildman–Crippen LogP) is 2.72. The molecule has 2 aliphatic carbocycles. The molecule has 0 saturated heterocycles. The molecule has 0 aromatic carbocycles. The van der Waals surface area contributed by atoms with Gasteiger partial charge in [0.15, 0.2) is 5.13 Å². The van der Waals surface area contributed by atoms with Crippen LogP contribution >= 0.6 is 11.3 Å². The molecular formula is C13H21N3S. The van der Waals surface area contributed by atoms with E-state index < -0.39 is 0 Å². The molecule has 3 nitrogen and oxygen atoms in total. The summed E-state index contributed by atoms with van der Waals surface area (Å²) in [5.41, 5.74) is 7.14. The first kappa shape index (κ1) is 11.5. The zero-order chi connectivity index (χ0) is 11.8. The lowest BCUT2D eigenvalue weighted by Crippen LogP contribution is -2.24. The van der Waals surface area contributed by atoms with Crippen molar-refractivity contribution < 1.29 is 0 Å². The molecular weight excluding hydrogens is 230 g/mol. The predicted molar refractivity (Wildman–Crippen MR) is 72.6 cm³/mol. The Bertz CT molecular complexity index is 393. The van der Waals surface area contributed by atoms with Crippen LogP contribution in [-0.2, 0) is 6.54 Å². The highest BCUT2D eigenvalue weighted by molar-refractivity contribution is 7.15. The average molecular weight is 251 g/mol. The van der Waals surface area contributed by atoms with E-state index in [2.05, 4.69) is 11.8 Å². The molecule has 17 heavy (non-hydrogen) atoms. The summed E-state index contributed by atoms with van der Waals surface area (Å²) in [6.07, 6.45) is 5.43. The summed E-state index contributed by atoms with van der Waals surface area (Å²) in [4.78, 5) is 8.61. The van der Waals surface area contributed by atoms with Crippen molar-refractivity contribution in [3.8, 4) is 0 Å². The van der Waals surface area contributed by atoms with Crippen LogP contribution in [-0.4, -0.2) is 18.1 Å². The molecule has 2 aliphatic rings. The first-order valence-electron chi connectivity index (χ1n) is 6.76. The number of hydrogen-bond acceptors (Lipinski definition) is 4. The highest BCUT2D eigenvalue weighted by Crippen LogP contribution is 2.44. The minimum atomic E-state index is 0.657. The Kier molecular flexibility index (Phi) is 3.09. The van der Waals surface area contributed by atoms with Gasteiger partial charge in [-0.3, -0.25) is 0 Å². The number of nitrogens with zero attached hydrogens (tertiary/aromatic N) is 2. The van der Waals surface area contributed by atoms with Gasteiger partial charge < -0.3 is 10.6 Å². The Labute approximate surface area is 107 Å². The lowest BCUT2D eigenvalue weighted by Gasteiger charge is -2.19. The van der Waals surface area contributed by atoms with Crippen molar-refractivity contribution >= 4 is 16.5 Å². The van der Waals surface area contributed by atoms with Gasteiger partial charge in [0.05, 0.1) is 5.69 Å². The normalized spacial score (nSPS) is 19.6. The molecule has 0 bridgehead atoms. The van der Waals surface area contributed by atoms with Crippen molar-refractivity contribution in [3.05, 3.63) is 10.6 Å². The fourth-order valence-corrected chi connectivity index (χ4v) is 3.36. The highest BCUT2D eigenvalue weighted by Gasteiger charge is 2.31. The van der Waals surface area contributed by atoms with Crippen LogP contribution in [0.2, 0.25) is 0 Å². The van der Waals surface area contributed by atoms with Crippen LogP contribution < -0.4 is 10.6 Å². The van der Waals surface area contributed by atoms with Gasteiger partial charge >= 0.3 is 0 Å². The van der Waals surface area contributed by atoms with E-state index in [4.69, 9.17) is 10.7 Å². The summed E-state index contributed by atoms with van der Waals surface area (Å²) < 4.78 is 0. The molecule has 1 aromatic rings. The van der Waals surface area contributed by atoms with E-state index in [1.54, 1.807) is 0 Å². The largest absolute Gasteiger partial charge is 0.348 e. The molecule has 2 saturated carbocycles. The molecule has 0 radical (unpaired) electrons. The lowest BCUT2D eigenvalue weighted by molar-refractivity contribution is 0.737. The number of nitrogens with two attached hydrogens (primary N) is 1. The summed E-state index contributed by atoms with van der Waals surface area (Å²) in [6.45, 7) is 5.14. The Morgan fingerprint density at radius 2 is 2.12 bits per heavy atom. The molecule has 0 amide bonds. The van der Waals surface area contributed by atoms with Gasteiger partial charge in [-0.05, 0) is 38.5 Å². The molecule has 94 valence electrons. The molecule has 1 heterocycles. The van der Waals surface area contributed by atoms with Gasteiger partial charge in [-0.15, -0.1) is 11.3 Å². The number of aromatic nitrogens is 1. The van der Waals surface area contributed by atoms with Crippen molar-refractivity contribution in [1.82, 2.24) is 4.98 Å². The summed E-state index contributed by atoms with van der Waals surface area (Å²) in [6, 6.07) is 0. The molecule has 0 unspecified atom stereocenters. The summed E-state index contributed by atoms with van der Waals surface area (Å²) >= 11 is 1.82. The third kappa shape index (κ3) is 2.47. The zero-order valence-electron chi connectivity index (χ0n) is 10.5. The molecule has 1 aromatic heterocycles. The molecule has 2 N–H and O–H groups in total. The second-order valence-corrected chi connectivity index (χ2v) is 6.33. The van der Waals surface area contributed by atoms with E-state index in [-0.39, 0.29) is 0 Å². The van der Waals surface area contributed by atoms with Crippen LogP contribution in [0.15, 0.2) is 0 Å². The van der Waals surface area contributed by atoms with E-state index in [1.165, 1.54) is 47.9 Å². The van der Waals surface area contributed by atoms with Crippen molar-refractivity contribution in [2.75, 3.05) is 18.0 Å². The quantitative estimate of drug-likeness (QED) is 0.845. The Balaban J connectivity index is 1.79. The van der Waals surface area contributed by atoms with Crippen LogP contribution in [0.3, 0.4) is 0 Å². The van der Waals surface area contributed by atoms with Crippen molar-refractivity contribution in [2.45, 2.75) is 45.1 Å². The van der Waals surface area contributed by atoms with Crippen LogP contribution in [0.25, 0.3) is 0 Å². The average Bonchev–Trinajstić information content (AvgIpc) is 3.25. The molecule has 2 fully saturated rings.